The van der Waals surface area contributed by atoms with E-state index < -0.39 is 10.0 Å². The Morgan fingerprint density at radius 3 is 2.45 bits per heavy atom. The van der Waals surface area contributed by atoms with E-state index in [4.69, 9.17) is 16.3 Å². The second kappa shape index (κ2) is 8.89. The summed E-state index contributed by atoms with van der Waals surface area (Å²) in [5, 5.41) is 3.25. The van der Waals surface area contributed by atoms with E-state index in [1.807, 2.05) is 6.92 Å². The van der Waals surface area contributed by atoms with Gasteiger partial charge in [0, 0.05) is 23.1 Å². The summed E-state index contributed by atoms with van der Waals surface area (Å²) >= 11 is 5.95. The maximum absolute atomic E-state index is 12.3. The second-order valence-electron chi connectivity index (χ2n) is 5.95. The van der Waals surface area contributed by atoms with E-state index in [0.717, 1.165) is 5.56 Å². The number of nitrogens with zero attached hydrogens (tertiary/aromatic N) is 2. The molecule has 0 saturated carbocycles. The van der Waals surface area contributed by atoms with Gasteiger partial charge in [-0.2, -0.15) is 0 Å². The van der Waals surface area contributed by atoms with Crippen molar-refractivity contribution in [3.8, 4) is 5.75 Å². The average molecular weight is 433 g/mol. The van der Waals surface area contributed by atoms with Gasteiger partial charge < -0.3 is 10.1 Å². The van der Waals surface area contributed by atoms with E-state index in [2.05, 4.69) is 20.0 Å². The quantitative estimate of drug-likeness (QED) is 0.593. The van der Waals surface area contributed by atoms with Crippen molar-refractivity contribution in [1.82, 2.24) is 9.97 Å². The predicted octanol–water partition coefficient (Wildman–Crippen LogP) is 3.26. The Balaban J connectivity index is 1.58. The lowest BCUT2D eigenvalue weighted by atomic mass is 10.2. The number of sulfonamides is 1. The average Bonchev–Trinajstić information content (AvgIpc) is 2.70. The van der Waals surface area contributed by atoms with Crippen LogP contribution >= 0.6 is 11.6 Å². The fourth-order valence-corrected chi connectivity index (χ4v) is 3.38. The van der Waals surface area contributed by atoms with Crippen LogP contribution in [-0.4, -0.2) is 30.9 Å². The van der Waals surface area contributed by atoms with Crippen molar-refractivity contribution in [2.24, 2.45) is 0 Å². The summed E-state index contributed by atoms with van der Waals surface area (Å²) < 4.78 is 32.4. The largest absolute Gasteiger partial charge is 0.484 e. The van der Waals surface area contributed by atoms with Crippen molar-refractivity contribution < 1.29 is 17.9 Å². The lowest BCUT2D eigenvalue weighted by Gasteiger charge is -2.10. The van der Waals surface area contributed by atoms with Crippen molar-refractivity contribution in [1.29, 1.82) is 0 Å². The first kappa shape index (κ1) is 20.6. The van der Waals surface area contributed by atoms with Crippen molar-refractivity contribution >= 4 is 39.2 Å². The number of benzene rings is 2. The van der Waals surface area contributed by atoms with E-state index in [0.29, 0.717) is 16.5 Å². The summed E-state index contributed by atoms with van der Waals surface area (Å²) in [5.74, 6) is 0.112. The Morgan fingerprint density at radius 2 is 1.79 bits per heavy atom. The molecule has 3 aromatic rings. The summed E-state index contributed by atoms with van der Waals surface area (Å²) in [6.07, 6.45) is 2.85. The van der Waals surface area contributed by atoms with E-state index in [1.165, 1.54) is 36.7 Å². The molecule has 0 spiro atoms. The van der Waals surface area contributed by atoms with Crippen LogP contribution in [0.2, 0.25) is 5.02 Å². The minimum absolute atomic E-state index is 0.0100. The molecule has 1 amide bonds. The number of hydrogen-bond donors (Lipinski definition) is 2. The van der Waals surface area contributed by atoms with Crippen LogP contribution in [0.3, 0.4) is 0 Å². The third-order valence-electron chi connectivity index (χ3n) is 3.74. The molecule has 0 atom stereocenters. The number of ether oxygens (including phenoxy) is 1. The molecule has 0 aliphatic rings. The predicted molar refractivity (Wildman–Crippen MR) is 110 cm³/mol. The van der Waals surface area contributed by atoms with Gasteiger partial charge in [0.2, 0.25) is 5.95 Å². The third-order valence-corrected chi connectivity index (χ3v) is 5.51. The topological polar surface area (TPSA) is 110 Å². The van der Waals surface area contributed by atoms with Crippen LogP contribution in [0, 0.1) is 6.92 Å². The lowest BCUT2D eigenvalue weighted by molar-refractivity contribution is -0.118. The van der Waals surface area contributed by atoms with Crippen LogP contribution in [0.4, 0.5) is 11.6 Å². The highest BCUT2D eigenvalue weighted by Crippen LogP contribution is 2.21. The van der Waals surface area contributed by atoms with Crippen LogP contribution in [0.1, 0.15) is 5.56 Å². The Hall–Kier alpha value is -3.17. The van der Waals surface area contributed by atoms with Gasteiger partial charge in [0.1, 0.15) is 5.75 Å². The van der Waals surface area contributed by atoms with Gasteiger partial charge in [-0.3, -0.25) is 4.79 Å². The maximum Gasteiger partial charge on any atom is 0.264 e. The Labute approximate surface area is 173 Å². The normalized spacial score (nSPS) is 11.0. The summed E-state index contributed by atoms with van der Waals surface area (Å²) in [5.41, 5.74) is 1.27. The number of anilines is 2. The van der Waals surface area contributed by atoms with Crippen LogP contribution < -0.4 is 14.8 Å². The molecule has 150 valence electrons. The van der Waals surface area contributed by atoms with E-state index >= 15 is 0 Å². The molecule has 2 aromatic carbocycles. The van der Waals surface area contributed by atoms with Gasteiger partial charge in [-0.1, -0.05) is 11.6 Å². The molecule has 29 heavy (non-hydrogen) atoms. The number of nitrogens with one attached hydrogen (secondary N) is 2. The van der Waals surface area contributed by atoms with Gasteiger partial charge in [-0.15, -0.1) is 0 Å². The first-order valence-electron chi connectivity index (χ1n) is 8.42. The summed E-state index contributed by atoms with van der Waals surface area (Å²) in [6, 6.07) is 12.4. The minimum Gasteiger partial charge on any atom is -0.484 e. The standard InChI is InChI=1S/C19H17ClN4O4S/c1-13-11-15(5-8-17(13)20)28-12-18(25)23-14-3-6-16(7-4-14)29(26,27)24-19-21-9-2-10-22-19/h2-11H,12H2,1H3,(H,23,25)(H,21,22,24). The molecule has 1 heterocycles. The van der Waals surface area contributed by atoms with Gasteiger partial charge in [0.25, 0.3) is 15.9 Å². The highest BCUT2D eigenvalue weighted by Gasteiger charge is 2.15. The number of hydrogen-bond acceptors (Lipinski definition) is 6. The molecule has 0 unspecified atom stereocenters. The number of carbonyl (C=O) groups is 1. The van der Waals surface area contributed by atoms with Gasteiger partial charge in [-0.05, 0) is 61.0 Å². The Bertz CT molecular complexity index is 1110. The molecule has 3 rings (SSSR count). The molecule has 0 aliphatic carbocycles. The smallest absolute Gasteiger partial charge is 0.264 e. The van der Waals surface area contributed by atoms with Crippen molar-refractivity contribution in [3.63, 3.8) is 0 Å². The molecule has 8 nitrogen and oxygen atoms in total. The summed E-state index contributed by atoms with van der Waals surface area (Å²) in [6.45, 7) is 1.64. The van der Waals surface area contributed by atoms with Gasteiger partial charge in [0.05, 0.1) is 4.90 Å². The molecule has 1 aromatic heterocycles. The fourth-order valence-electron chi connectivity index (χ4n) is 2.30. The van der Waals surface area contributed by atoms with E-state index in [1.54, 1.807) is 24.3 Å². The number of aromatic nitrogens is 2. The maximum atomic E-state index is 12.3. The third kappa shape index (κ3) is 5.66. The SMILES string of the molecule is Cc1cc(OCC(=O)Nc2ccc(S(=O)(=O)Nc3ncccn3)cc2)ccc1Cl. The zero-order chi connectivity index (χ0) is 20.9. The number of halogens is 1. The monoisotopic (exact) mass is 432 g/mol. The molecule has 0 bridgehead atoms. The van der Waals surface area contributed by atoms with Crippen LogP contribution in [0.25, 0.3) is 0 Å². The molecular formula is C19H17ClN4O4S. The van der Waals surface area contributed by atoms with Gasteiger partial charge >= 0.3 is 0 Å². The van der Waals surface area contributed by atoms with Crippen molar-refractivity contribution in [2.75, 3.05) is 16.6 Å². The highest BCUT2D eigenvalue weighted by molar-refractivity contribution is 7.92. The van der Waals surface area contributed by atoms with E-state index in [9.17, 15) is 13.2 Å². The summed E-state index contributed by atoms with van der Waals surface area (Å²) in [4.78, 5) is 19.7. The molecule has 10 heteroatoms. The molecular weight excluding hydrogens is 416 g/mol. The van der Waals surface area contributed by atoms with Gasteiger partial charge in [-0.25, -0.2) is 23.1 Å². The second-order valence-corrected chi connectivity index (χ2v) is 8.04. The van der Waals surface area contributed by atoms with Gasteiger partial charge in [0.15, 0.2) is 6.61 Å². The van der Waals surface area contributed by atoms with Crippen molar-refractivity contribution in [2.45, 2.75) is 11.8 Å². The Morgan fingerprint density at radius 1 is 1.10 bits per heavy atom. The molecule has 0 aliphatic heterocycles. The Kier molecular flexibility index (Phi) is 6.30. The highest BCUT2D eigenvalue weighted by atomic mass is 35.5. The van der Waals surface area contributed by atoms with Crippen LogP contribution in [-0.2, 0) is 14.8 Å². The van der Waals surface area contributed by atoms with Crippen LogP contribution in [0.15, 0.2) is 65.8 Å². The summed E-state index contributed by atoms with van der Waals surface area (Å²) in [7, 11) is -3.84. The lowest BCUT2D eigenvalue weighted by Crippen LogP contribution is -2.20. The number of aryl methyl sites for hydroxylation is 1. The van der Waals surface area contributed by atoms with E-state index in [-0.39, 0.29) is 23.4 Å². The number of rotatable bonds is 7. The molecule has 2 N–H and O–H groups in total. The zero-order valence-corrected chi connectivity index (χ0v) is 16.9. The minimum atomic E-state index is -3.84. The van der Waals surface area contributed by atoms with Crippen LogP contribution in [0.5, 0.6) is 5.75 Å². The number of amides is 1. The molecule has 0 saturated heterocycles. The number of carbonyl (C=O) groups excluding carboxylic acids is 1. The fraction of sp³-hybridized carbons (Fsp3) is 0.105. The first-order chi connectivity index (χ1) is 13.8. The first-order valence-corrected chi connectivity index (χ1v) is 10.3. The zero-order valence-electron chi connectivity index (χ0n) is 15.3. The van der Waals surface area contributed by atoms with Crippen molar-refractivity contribution in [3.05, 3.63) is 71.5 Å². The molecule has 0 radical (unpaired) electrons. The molecule has 0 fully saturated rings.